The third-order valence-electron chi connectivity index (χ3n) is 4.02. The maximum absolute atomic E-state index is 13.0. The van der Waals surface area contributed by atoms with Crippen molar-refractivity contribution in [3.63, 3.8) is 0 Å². The van der Waals surface area contributed by atoms with Crippen LogP contribution in [0.25, 0.3) is 6.08 Å². The van der Waals surface area contributed by atoms with Gasteiger partial charge >= 0.3 is 0 Å². The number of hydrogen-bond donors (Lipinski definition) is 0. The number of benzene rings is 2. The van der Waals surface area contributed by atoms with E-state index >= 15 is 0 Å². The van der Waals surface area contributed by atoms with E-state index in [0.29, 0.717) is 38.7 Å². The minimum absolute atomic E-state index is 0.0832. The molecule has 10 heteroatoms. The Kier molecular flexibility index (Phi) is 7.33. The van der Waals surface area contributed by atoms with Crippen LogP contribution in [-0.2, 0) is 4.79 Å². The lowest BCUT2D eigenvalue weighted by atomic mass is 10.1. The van der Waals surface area contributed by atoms with Gasteiger partial charge in [-0.3, -0.25) is 19.8 Å². The first-order valence-electron chi connectivity index (χ1n) is 8.90. The van der Waals surface area contributed by atoms with E-state index in [-0.39, 0.29) is 22.5 Å². The Balaban J connectivity index is 1.95. The van der Waals surface area contributed by atoms with Crippen LogP contribution in [0.1, 0.15) is 12.5 Å². The van der Waals surface area contributed by atoms with Crippen LogP contribution < -0.4 is 14.4 Å². The van der Waals surface area contributed by atoms with Crippen LogP contribution >= 0.6 is 39.9 Å². The van der Waals surface area contributed by atoms with E-state index in [1.807, 2.05) is 6.92 Å². The van der Waals surface area contributed by atoms with Gasteiger partial charge in [0.25, 0.3) is 11.6 Å². The van der Waals surface area contributed by atoms with Crippen LogP contribution in [-0.4, -0.2) is 28.4 Å². The predicted molar refractivity (Wildman–Crippen MR) is 128 cm³/mol. The molecule has 0 radical (unpaired) electrons. The zero-order valence-electron chi connectivity index (χ0n) is 16.2. The highest BCUT2D eigenvalue weighted by Gasteiger charge is 2.34. The second kappa shape index (κ2) is 9.96. The van der Waals surface area contributed by atoms with E-state index in [4.69, 9.17) is 28.1 Å². The number of rotatable bonds is 7. The van der Waals surface area contributed by atoms with Crippen LogP contribution in [0.3, 0.4) is 0 Å². The van der Waals surface area contributed by atoms with Gasteiger partial charge in [0.2, 0.25) is 0 Å². The number of carbonyl (C=O) groups excluding carboxylic acids is 1. The second-order valence-corrected chi connectivity index (χ2v) is 8.58. The normalized spacial score (nSPS) is 14.6. The molecule has 0 bridgehead atoms. The molecule has 31 heavy (non-hydrogen) atoms. The highest BCUT2D eigenvalue weighted by atomic mass is 79.9. The van der Waals surface area contributed by atoms with Gasteiger partial charge in [-0.25, -0.2) is 0 Å². The molecular weight excluding hydrogens is 504 g/mol. The molecule has 2 aromatic rings. The van der Waals surface area contributed by atoms with Crippen molar-refractivity contribution in [3.05, 3.63) is 61.5 Å². The molecule has 1 heterocycles. The maximum Gasteiger partial charge on any atom is 0.271 e. The van der Waals surface area contributed by atoms with E-state index in [2.05, 4.69) is 21.9 Å². The smallest absolute Gasteiger partial charge is 0.271 e. The Morgan fingerprint density at radius 2 is 2.13 bits per heavy atom. The Hall–Kier alpha value is -2.87. The summed E-state index contributed by atoms with van der Waals surface area (Å²) in [5, 5.41) is 11.1. The average molecular weight is 519 g/mol. The number of carbonyl (C=O) groups is 1. The van der Waals surface area contributed by atoms with E-state index in [1.54, 1.807) is 24.3 Å². The van der Waals surface area contributed by atoms with Crippen molar-refractivity contribution in [2.24, 2.45) is 0 Å². The Labute approximate surface area is 196 Å². The zero-order chi connectivity index (χ0) is 22.5. The highest BCUT2D eigenvalue weighted by Crippen LogP contribution is 2.40. The molecule has 1 fully saturated rings. The molecule has 0 aliphatic carbocycles. The summed E-state index contributed by atoms with van der Waals surface area (Å²) in [5.41, 5.74) is 0.903. The molecule has 0 saturated carbocycles. The van der Waals surface area contributed by atoms with Gasteiger partial charge in [-0.05, 0) is 52.7 Å². The monoisotopic (exact) mass is 518 g/mol. The van der Waals surface area contributed by atoms with E-state index in [0.717, 1.165) is 11.8 Å². The maximum atomic E-state index is 13.0. The van der Waals surface area contributed by atoms with Gasteiger partial charge in [0.15, 0.2) is 15.8 Å². The summed E-state index contributed by atoms with van der Waals surface area (Å²) in [6, 6.07) is 9.29. The summed E-state index contributed by atoms with van der Waals surface area (Å²) in [6.45, 7) is 2.34. The predicted octanol–water partition coefficient (Wildman–Crippen LogP) is 5.17. The van der Waals surface area contributed by atoms with Gasteiger partial charge in [-0.2, -0.15) is 0 Å². The lowest BCUT2D eigenvalue weighted by Crippen LogP contribution is -2.27. The number of nitrogens with zero attached hydrogens (tertiary/aromatic N) is 2. The summed E-state index contributed by atoms with van der Waals surface area (Å²) in [4.78, 5) is 25.2. The van der Waals surface area contributed by atoms with Crippen molar-refractivity contribution >= 4 is 67.6 Å². The fraction of sp³-hybridized carbons (Fsp3) is 0.143. The van der Waals surface area contributed by atoms with Crippen molar-refractivity contribution in [2.45, 2.75) is 6.92 Å². The Bertz CT molecular complexity index is 1140. The van der Waals surface area contributed by atoms with Crippen LogP contribution in [0.15, 0.2) is 45.8 Å². The molecular formula is C21H15BrN2O5S2. The number of non-ortho nitro benzene ring substituents is 1. The Morgan fingerprint density at radius 1 is 1.35 bits per heavy atom. The third-order valence-corrected chi connectivity index (χ3v) is 5.91. The van der Waals surface area contributed by atoms with E-state index in [1.165, 1.54) is 23.1 Å². The standard InChI is InChI=1S/C21H15BrN2O5S2/c1-3-8-29-19-16(22)9-13(10-17(19)28-4-2)11-18-20(25)23(21(30)31-18)14-6-5-7-15(12-14)24(26)27/h1,5-7,9-12H,4,8H2,2H3/b18-11+. The number of thioether (sulfide) groups is 1. The molecule has 2 aromatic carbocycles. The molecule has 0 unspecified atom stereocenters. The highest BCUT2D eigenvalue weighted by molar-refractivity contribution is 9.10. The summed E-state index contributed by atoms with van der Waals surface area (Å²) in [6.07, 6.45) is 6.94. The van der Waals surface area contributed by atoms with Crippen molar-refractivity contribution in [2.75, 3.05) is 18.1 Å². The van der Waals surface area contributed by atoms with Crippen molar-refractivity contribution < 1.29 is 19.2 Å². The Morgan fingerprint density at radius 3 is 2.81 bits per heavy atom. The fourth-order valence-electron chi connectivity index (χ4n) is 2.78. The molecule has 1 aliphatic heterocycles. The quantitative estimate of drug-likeness (QED) is 0.164. The summed E-state index contributed by atoms with van der Waals surface area (Å²) in [5.74, 6) is 3.00. The molecule has 0 atom stereocenters. The first kappa shape index (κ1) is 22.8. The van der Waals surface area contributed by atoms with Gasteiger partial charge in [0.1, 0.15) is 6.61 Å². The van der Waals surface area contributed by atoms with Gasteiger partial charge in [0, 0.05) is 12.1 Å². The van der Waals surface area contributed by atoms with Crippen molar-refractivity contribution in [3.8, 4) is 23.8 Å². The number of terminal acetylenes is 1. The SMILES string of the molecule is C#CCOc1c(Br)cc(/C=C2/SC(=S)N(c3cccc([N+](=O)[O-])c3)C2=O)cc1OCC. The second-order valence-electron chi connectivity index (χ2n) is 6.05. The van der Waals surface area contributed by atoms with Crippen molar-refractivity contribution in [1.29, 1.82) is 0 Å². The third kappa shape index (κ3) is 5.07. The molecule has 158 valence electrons. The van der Waals surface area contributed by atoms with E-state index < -0.39 is 4.92 Å². The molecule has 0 N–H and O–H groups in total. The number of amides is 1. The largest absolute Gasteiger partial charge is 0.490 e. The van der Waals surface area contributed by atoms with Gasteiger partial charge in [-0.15, -0.1) is 6.42 Å². The number of anilines is 1. The number of hydrogen-bond acceptors (Lipinski definition) is 7. The number of nitro groups is 1. The number of thiocarbonyl (C=S) groups is 1. The lowest BCUT2D eigenvalue weighted by molar-refractivity contribution is -0.384. The minimum Gasteiger partial charge on any atom is -0.490 e. The molecule has 3 rings (SSSR count). The first-order valence-corrected chi connectivity index (χ1v) is 10.9. The summed E-state index contributed by atoms with van der Waals surface area (Å²) in [7, 11) is 0. The summed E-state index contributed by atoms with van der Waals surface area (Å²) >= 11 is 9.91. The lowest BCUT2D eigenvalue weighted by Gasteiger charge is -2.14. The zero-order valence-corrected chi connectivity index (χ0v) is 19.4. The molecule has 7 nitrogen and oxygen atoms in total. The molecule has 1 amide bonds. The minimum atomic E-state index is -0.520. The van der Waals surface area contributed by atoms with Gasteiger partial charge < -0.3 is 9.47 Å². The molecule has 1 aliphatic rings. The van der Waals surface area contributed by atoms with Crippen molar-refractivity contribution in [1.82, 2.24) is 0 Å². The summed E-state index contributed by atoms with van der Waals surface area (Å²) < 4.78 is 12.1. The molecule has 0 spiro atoms. The first-order chi connectivity index (χ1) is 14.8. The molecule has 0 aromatic heterocycles. The van der Waals surface area contributed by atoms with Crippen LogP contribution in [0.5, 0.6) is 11.5 Å². The van der Waals surface area contributed by atoms with Gasteiger partial charge in [-0.1, -0.05) is 36.0 Å². The van der Waals surface area contributed by atoms with Crippen LogP contribution in [0.2, 0.25) is 0 Å². The number of nitro benzene ring substituents is 1. The van der Waals surface area contributed by atoms with Crippen LogP contribution in [0.4, 0.5) is 11.4 Å². The number of halogens is 1. The topological polar surface area (TPSA) is 81.9 Å². The average Bonchev–Trinajstić information content (AvgIpc) is 3.00. The fourth-order valence-corrected chi connectivity index (χ4v) is 4.65. The van der Waals surface area contributed by atoms with Crippen LogP contribution in [0, 0.1) is 22.5 Å². The van der Waals surface area contributed by atoms with E-state index in [9.17, 15) is 14.9 Å². The number of ether oxygens (including phenoxy) is 2. The molecule has 1 saturated heterocycles. The van der Waals surface area contributed by atoms with Gasteiger partial charge in [0.05, 0.1) is 26.6 Å².